The van der Waals surface area contributed by atoms with Crippen molar-refractivity contribution < 1.29 is 9.53 Å². The number of nitrogens with zero attached hydrogens (tertiary/aromatic N) is 3. The van der Waals surface area contributed by atoms with Gasteiger partial charge in [-0.3, -0.25) is 9.79 Å². The van der Waals surface area contributed by atoms with Crippen LogP contribution in [-0.2, 0) is 22.6 Å². The van der Waals surface area contributed by atoms with E-state index in [0.717, 1.165) is 45.0 Å². The molecule has 7 heteroatoms. The van der Waals surface area contributed by atoms with Crippen molar-refractivity contribution in [3.8, 4) is 0 Å². The summed E-state index contributed by atoms with van der Waals surface area (Å²) in [5, 5.41) is 3.44. The molecule has 0 radical (unpaired) electrons. The van der Waals surface area contributed by atoms with Crippen LogP contribution in [0.1, 0.15) is 24.0 Å². The van der Waals surface area contributed by atoms with Gasteiger partial charge in [-0.25, -0.2) is 0 Å². The maximum Gasteiger partial charge on any atom is 0.308 e. The predicted octanol–water partition coefficient (Wildman–Crippen LogP) is 2.33. The summed E-state index contributed by atoms with van der Waals surface area (Å²) in [6, 6.07) is 8.60. The van der Waals surface area contributed by atoms with E-state index in [2.05, 4.69) is 58.5 Å². The average Bonchev–Trinajstić information content (AvgIpc) is 2.62. The van der Waals surface area contributed by atoms with Crippen molar-refractivity contribution in [2.45, 2.75) is 25.9 Å². The molecule has 0 aromatic heterocycles. The highest BCUT2D eigenvalue weighted by molar-refractivity contribution is 14.0. The molecule has 1 saturated heterocycles. The van der Waals surface area contributed by atoms with Gasteiger partial charge < -0.3 is 19.9 Å². The van der Waals surface area contributed by atoms with E-state index in [-0.39, 0.29) is 35.9 Å². The van der Waals surface area contributed by atoms with E-state index >= 15 is 0 Å². The number of methoxy groups -OCH3 is 1. The zero-order chi connectivity index (χ0) is 18.2. The second-order valence-electron chi connectivity index (χ2n) is 6.74. The standard InChI is InChI=1S/C19H30N4O2.HI/c1-20-19(23-10-8-17(9-11-23)18(24)25-4)21-13-15-6-5-7-16(12-15)14-22(2)3;/h5-7,12,17H,8-11,13-14H2,1-4H3,(H,20,21);1H. The minimum absolute atomic E-state index is 0. The summed E-state index contributed by atoms with van der Waals surface area (Å²) >= 11 is 0. The van der Waals surface area contributed by atoms with Crippen LogP contribution in [-0.4, -0.2) is 63.1 Å². The lowest BCUT2D eigenvalue weighted by molar-refractivity contribution is -0.146. The maximum atomic E-state index is 11.6. The van der Waals surface area contributed by atoms with Crippen molar-refractivity contribution in [2.75, 3.05) is 41.3 Å². The zero-order valence-electron chi connectivity index (χ0n) is 16.2. The van der Waals surface area contributed by atoms with Crippen molar-refractivity contribution in [3.63, 3.8) is 0 Å². The Bertz CT molecular complexity index is 599. The summed E-state index contributed by atoms with van der Waals surface area (Å²) in [4.78, 5) is 20.4. The van der Waals surface area contributed by atoms with Gasteiger partial charge in [0.25, 0.3) is 0 Å². The fraction of sp³-hybridized carbons (Fsp3) is 0.579. The maximum absolute atomic E-state index is 11.6. The molecule has 2 rings (SSSR count). The lowest BCUT2D eigenvalue weighted by Crippen LogP contribution is -2.46. The number of aliphatic imine (C=N–C) groups is 1. The van der Waals surface area contributed by atoms with Crippen molar-refractivity contribution in [1.82, 2.24) is 15.1 Å². The summed E-state index contributed by atoms with van der Waals surface area (Å²) in [6.45, 7) is 3.31. The van der Waals surface area contributed by atoms with Crippen molar-refractivity contribution in [2.24, 2.45) is 10.9 Å². The Kier molecular flexibility index (Phi) is 9.93. The SMILES string of the molecule is CN=C(NCc1cccc(CN(C)C)c1)N1CCC(C(=O)OC)CC1.I. The zero-order valence-corrected chi connectivity index (χ0v) is 18.5. The Morgan fingerprint density at radius 2 is 1.96 bits per heavy atom. The number of carbonyl (C=O) groups is 1. The number of benzene rings is 1. The monoisotopic (exact) mass is 474 g/mol. The molecule has 26 heavy (non-hydrogen) atoms. The smallest absolute Gasteiger partial charge is 0.308 e. The number of halogens is 1. The molecule has 0 bridgehead atoms. The number of guanidine groups is 1. The summed E-state index contributed by atoms with van der Waals surface area (Å²) in [7, 11) is 7.41. The first-order valence-corrected chi connectivity index (χ1v) is 8.79. The van der Waals surface area contributed by atoms with Crippen LogP contribution in [0.25, 0.3) is 0 Å². The number of hydrogen-bond acceptors (Lipinski definition) is 4. The third-order valence-electron chi connectivity index (χ3n) is 4.48. The van der Waals surface area contributed by atoms with Gasteiger partial charge >= 0.3 is 5.97 Å². The quantitative estimate of drug-likeness (QED) is 0.307. The number of ether oxygens (including phenoxy) is 1. The molecule has 1 aliphatic rings. The van der Waals surface area contributed by atoms with Gasteiger partial charge in [-0.15, -0.1) is 24.0 Å². The van der Waals surface area contributed by atoms with Gasteiger partial charge in [-0.05, 0) is 38.1 Å². The molecule has 1 aromatic rings. The van der Waals surface area contributed by atoms with Crippen molar-refractivity contribution in [3.05, 3.63) is 35.4 Å². The van der Waals surface area contributed by atoms with Gasteiger partial charge in [-0.2, -0.15) is 0 Å². The summed E-state index contributed by atoms with van der Waals surface area (Å²) < 4.78 is 4.85. The Morgan fingerprint density at radius 1 is 1.31 bits per heavy atom. The van der Waals surface area contributed by atoms with E-state index < -0.39 is 0 Å². The summed E-state index contributed by atoms with van der Waals surface area (Å²) in [6.07, 6.45) is 1.62. The number of likely N-dealkylation sites (tertiary alicyclic amines) is 1. The molecule has 1 N–H and O–H groups in total. The first kappa shape index (κ1) is 22.7. The largest absolute Gasteiger partial charge is 0.469 e. The molecule has 0 aliphatic carbocycles. The molecule has 0 atom stereocenters. The summed E-state index contributed by atoms with van der Waals surface area (Å²) in [5.74, 6) is 0.809. The molecule has 0 spiro atoms. The highest BCUT2D eigenvalue weighted by Gasteiger charge is 2.26. The van der Waals surface area contributed by atoms with Gasteiger partial charge in [0.1, 0.15) is 0 Å². The molecule has 0 saturated carbocycles. The molecular formula is C19H31IN4O2. The normalized spacial score (nSPS) is 15.6. The third-order valence-corrected chi connectivity index (χ3v) is 4.48. The number of esters is 1. The molecule has 1 aromatic carbocycles. The molecule has 1 heterocycles. The predicted molar refractivity (Wildman–Crippen MR) is 116 cm³/mol. The number of rotatable bonds is 5. The molecule has 0 unspecified atom stereocenters. The van der Waals surface area contributed by atoms with E-state index in [1.165, 1.54) is 18.2 Å². The lowest BCUT2D eigenvalue weighted by atomic mass is 9.97. The Hall–Kier alpha value is -1.35. The van der Waals surface area contributed by atoms with Crippen molar-refractivity contribution in [1.29, 1.82) is 0 Å². The first-order chi connectivity index (χ1) is 12.0. The topological polar surface area (TPSA) is 57.2 Å². The highest BCUT2D eigenvalue weighted by Crippen LogP contribution is 2.18. The van der Waals surface area contributed by atoms with Crippen LogP contribution in [0.15, 0.2) is 29.3 Å². The van der Waals surface area contributed by atoms with Crippen molar-refractivity contribution >= 4 is 35.9 Å². The third kappa shape index (κ3) is 6.75. The fourth-order valence-corrected chi connectivity index (χ4v) is 3.21. The minimum atomic E-state index is -0.0969. The van der Waals surface area contributed by atoms with E-state index in [1.807, 2.05) is 0 Å². The van der Waals surface area contributed by atoms with Crippen LogP contribution in [0, 0.1) is 5.92 Å². The van der Waals surface area contributed by atoms with Crippen LogP contribution in [0.2, 0.25) is 0 Å². The second kappa shape index (κ2) is 11.4. The van der Waals surface area contributed by atoms with Crippen LogP contribution < -0.4 is 5.32 Å². The number of hydrogen-bond donors (Lipinski definition) is 1. The number of nitrogens with one attached hydrogen (secondary N) is 1. The van der Waals surface area contributed by atoms with E-state index in [4.69, 9.17) is 4.74 Å². The number of carbonyl (C=O) groups excluding carboxylic acids is 1. The van der Waals surface area contributed by atoms with Gasteiger partial charge in [0.05, 0.1) is 13.0 Å². The first-order valence-electron chi connectivity index (χ1n) is 8.79. The summed E-state index contributed by atoms with van der Waals surface area (Å²) in [5.41, 5.74) is 2.54. The molecule has 6 nitrogen and oxygen atoms in total. The van der Waals surface area contributed by atoms with Gasteiger partial charge in [0.2, 0.25) is 0 Å². The van der Waals surface area contributed by atoms with E-state index in [1.54, 1.807) is 7.05 Å². The number of piperidine rings is 1. The van der Waals surface area contributed by atoms with E-state index in [0.29, 0.717) is 0 Å². The van der Waals surface area contributed by atoms with Crippen LogP contribution >= 0.6 is 24.0 Å². The Labute approximate surface area is 174 Å². The average molecular weight is 474 g/mol. The Morgan fingerprint density at radius 3 is 2.54 bits per heavy atom. The van der Waals surface area contributed by atoms with Gasteiger partial charge in [-0.1, -0.05) is 24.3 Å². The lowest BCUT2D eigenvalue weighted by Gasteiger charge is -2.33. The van der Waals surface area contributed by atoms with Crippen LogP contribution in [0.5, 0.6) is 0 Å². The second-order valence-corrected chi connectivity index (χ2v) is 6.74. The highest BCUT2D eigenvalue weighted by atomic mass is 127. The molecule has 1 aliphatic heterocycles. The van der Waals surface area contributed by atoms with E-state index in [9.17, 15) is 4.79 Å². The van der Waals surface area contributed by atoms with Crippen LogP contribution in [0.3, 0.4) is 0 Å². The molecule has 146 valence electrons. The Balaban J connectivity index is 0.00000338. The fourth-order valence-electron chi connectivity index (χ4n) is 3.21. The van der Waals surface area contributed by atoms with Gasteiger partial charge in [0, 0.05) is 33.2 Å². The molecule has 0 amide bonds. The molecular weight excluding hydrogens is 443 g/mol. The molecule has 1 fully saturated rings. The minimum Gasteiger partial charge on any atom is -0.469 e. The van der Waals surface area contributed by atoms with Gasteiger partial charge in [0.15, 0.2) is 5.96 Å². The van der Waals surface area contributed by atoms with Crippen LogP contribution in [0.4, 0.5) is 0 Å².